The highest BCUT2D eigenvalue weighted by molar-refractivity contribution is 5.94. The third-order valence-corrected chi connectivity index (χ3v) is 4.69. The van der Waals surface area contributed by atoms with Crippen LogP contribution in [-0.4, -0.2) is 43.0 Å². The van der Waals surface area contributed by atoms with E-state index in [9.17, 15) is 9.18 Å². The molecule has 6 heteroatoms. The molecule has 1 aliphatic rings. The van der Waals surface area contributed by atoms with Gasteiger partial charge in [-0.3, -0.25) is 9.69 Å². The van der Waals surface area contributed by atoms with Crippen molar-refractivity contribution in [2.75, 3.05) is 36.4 Å². The summed E-state index contributed by atoms with van der Waals surface area (Å²) in [5.74, 6) is -0.325. The van der Waals surface area contributed by atoms with E-state index in [1.165, 1.54) is 12.1 Å². The molecule has 0 unspecified atom stereocenters. The summed E-state index contributed by atoms with van der Waals surface area (Å²) < 4.78 is 13.0. The van der Waals surface area contributed by atoms with Crippen molar-refractivity contribution in [3.8, 4) is 6.07 Å². The molecule has 1 N–H and O–H groups in total. The highest BCUT2D eigenvalue weighted by atomic mass is 19.1. The first kappa shape index (κ1) is 17.9. The van der Waals surface area contributed by atoms with Crippen LogP contribution in [0.5, 0.6) is 0 Å². The molecule has 0 radical (unpaired) electrons. The quantitative estimate of drug-likeness (QED) is 0.919. The lowest BCUT2D eigenvalue weighted by atomic mass is 10.1. The Morgan fingerprint density at radius 1 is 1.15 bits per heavy atom. The highest BCUT2D eigenvalue weighted by Crippen LogP contribution is 2.18. The number of benzene rings is 2. The molecule has 0 spiro atoms. The van der Waals surface area contributed by atoms with E-state index in [1.807, 2.05) is 6.92 Å². The molecule has 1 aliphatic heterocycles. The van der Waals surface area contributed by atoms with Gasteiger partial charge in [0.05, 0.1) is 17.7 Å². The summed E-state index contributed by atoms with van der Waals surface area (Å²) in [6, 6.07) is 15.2. The molecular weight excluding hydrogens is 331 g/mol. The molecule has 0 aromatic heterocycles. The number of rotatable bonds is 4. The maximum Gasteiger partial charge on any atom is 0.241 e. The summed E-state index contributed by atoms with van der Waals surface area (Å²) in [5, 5.41) is 11.8. The highest BCUT2D eigenvalue weighted by Gasteiger charge is 2.25. The Bertz CT molecular complexity index is 807. The first-order chi connectivity index (χ1) is 12.6. The molecular formula is C20H21FN4O. The van der Waals surface area contributed by atoms with Gasteiger partial charge >= 0.3 is 0 Å². The normalized spacial score (nSPS) is 16.0. The second kappa shape index (κ2) is 7.98. The molecule has 0 aliphatic carbocycles. The van der Waals surface area contributed by atoms with Crippen molar-refractivity contribution < 1.29 is 9.18 Å². The van der Waals surface area contributed by atoms with Crippen LogP contribution in [0, 0.1) is 17.1 Å². The van der Waals surface area contributed by atoms with Crippen molar-refractivity contribution in [3.63, 3.8) is 0 Å². The van der Waals surface area contributed by atoms with E-state index in [4.69, 9.17) is 5.26 Å². The van der Waals surface area contributed by atoms with Crippen LogP contribution in [0.25, 0.3) is 0 Å². The zero-order valence-corrected chi connectivity index (χ0v) is 14.7. The Hall–Kier alpha value is -2.91. The number of carbonyl (C=O) groups is 1. The lowest BCUT2D eigenvalue weighted by Crippen LogP contribution is -2.52. The van der Waals surface area contributed by atoms with Crippen LogP contribution in [0.3, 0.4) is 0 Å². The van der Waals surface area contributed by atoms with Gasteiger partial charge in [-0.2, -0.15) is 5.26 Å². The van der Waals surface area contributed by atoms with E-state index in [-0.39, 0.29) is 17.8 Å². The Balaban J connectivity index is 1.55. The number of piperazine rings is 1. The van der Waals surface area contributed by atoms with Crippen molar-refractivity contribution in [3.05, 3.63) is 59.9 Å². The average molecular weight is 352 g/mol. The maximum absolute atomic E-state index is 13.0. The molecule has 5 nitrogen and oxygen atoms in total. The number of hydrogen-bond donors (Lipinski definition) is 1. The van der Waals surface area contributed by atoms with Gasteiger partial charge in [0.1, 0.15) is 5.82 Å². The van der Waals surface area contributed by atoms with Crippen LogP contribution in [-0.2, 0) is 4.79 Å². The number of halogens is 1. The molecule has 1 saturated heterocycles. The first-order valence-electron chi connectivity index (χ1n) is 8.62. The Morgan fingerprint density at radius 2 is 1.85 bits per heavy atom. The summed E-state index contributed by atoms with van der Waals surface area (Å²) >= 11 is 0. The molecule has 2 aromatic carbocycles. The van der Waals surface area contributed by atoms with E-state index < -0.39 is 0 Å². The Kier molecular flexibility index (Phi) is 5.49. The zero-order valence-electron chi connectivity index (χ0n) is 14.7. The second-order valence-electron chi connectivity index (χ2n) is 6.36. The summed E-state index contributed by atoms with van der Waals surface area (Å²) in [5.41, 5.74) is 2.14. The molecule has 0 bridgehead atoms. The molecule has 1 heterocycles. The van der Waals surface area contributed by atoms with E-state index in [0.717, 1.165) is 31.9 Å². The van der Waals surface area contributed by atoms with Gasteiger partial charge in [0, 0.05) is 37.6 Å². The minimum atomic E-state index is -0.267. The van der Waals surface area contributed by atoms with Crippen molar-refractivity contribution in [2.45, 2.75) is 13.0 Å². The Morgan fingerprint density at radius 3 is 2.50 bits per heavy atom. The molecule has 1 atom stereocenters. The Labute approximate surface area is 152 Å². The van der Waals surface area contributed by atoms with E-state index in [0.29, 0.717) is 11.3 Å². The summed E-state index contributed by atoms with van der Waals surface area (Å²) in [4.78, 5) is 16.8. The van der Waals surface area contributed by atoms with Crippen LogP contribution in [0.4, 0.5) is 15.8 Å². The number of nitrogens with zero attached hydrogens (tertiary/aromatic N) is 3. The third-order valence-electron chi connectivity index (χ3n) is 4.69. The van der Waals surface area contributed by atoms with Crippen molar-refractivity contribution in [1.29, 1.82) is 5.26 Å². The summed E-state index contributed by atoms with van der Waals surface area (Å²) in [7, 11) is 0. The fraction of sp³-hybridized carbons (Fsp3) is 0.300. The smallest absolute Gasteiger partial charge is 0.241 e. The predicted octanol–water partition coefficient (Wildman–Crippen LogP) is 2.85. The van der Waals surface area contributed by atoms with Crippen molar-refractivity contribution in [1.82, 2.24) is 4.90 Å². The minimum absolute atomic E-state index is 0.0877. The average Bonchev–Trinajstić information content (AvgIpc) is 2.68. The van der Waals surface area contributed by atoms with Gasteiger partial charge in [0.2, 0.25) is 5.91 Å². The third kappa shape index (κ3) is 4.19. The SMILES string of the molecule is C[C@@H](C(=O)Nc1cccc(C#N)c1)N1CCN(c2ccc(F)cc2)CC1. The largest absolute Gasteiger partial charge is 0.369 e. The van der Waals surface area contributed by atoms with Gasteiger partial charge in [-0.1, -0.05) is 6.07 Å². The van der Waals surface area contributed by atoms with Crippen LogP contribution in [0.15, 0.2) is 48.5 Å². The predicted molar refractivity (Wildman–Crippen MR) is 99.4 cm³/mol. The molecule has 134 valence electrons. The second-order valence-corrected chi connectivity index (χ2v) is 6.36. The zero-order chi connectivity index (χ0) is 18.5. The number of nitrogens with one attached hydrogen (secondary N) is 1. The standard InChI is InChI=1S/C20H21FN4O/c1-15(20(26)23-18-4-2-3-16(13-18)14-22)24-9-11-25(12-10-24)19-7-5-17(21)6-8-19/h2-8,13,15H,9-12H2,1H3,(H,23,26)/t15-/m0/s1. The molecule has 1 amide bonds. The molecule has 3 rings (SSSR count). The summed E-state index contributed by atoms with van der Waals surface area (Å²) in [6.45, 7) is 4.96. The molecule has 26 heavy (non-hydrogen) atoms. The van der Waals surface area contributed by atoms with E-state index in [2.05, 4.69) is 21.2 Å². The fourth-order valence-electron chi connectivity index (χ4n) is 3.10. The fourth-order valence-corrected chi connectivity index (χ4v) is 3.10. The lowest BCUT2D eigenvalue weighted by Gasteiger charge is -2.38. The number of amides is 1. The molecule has 0 saturated carbocycles. The first-order valence-corrected chi connectivity index (χ1v) is 8.62. The number of anilines is 2. The van der Waals surface area contributed by atoms with Gasteiger partial charge in [-0.05, 0) is 49.4 Å². The topological polar surface area (TPSA) is 59.4 Å². The van der Waals surface area contributed by atoms with Crippen LogP contribution < -0.4 is 10.2 Å². The van der Waals surface area contributed by atoms with Crippen LogP contribution in [0.2, 0.25) is 0 Å². The van der Waals surface area contributed by atoms with Crippen LogP contribution >= 0.6 is 0 Å². The van der Waals surface area contributed by atoms with E-state index >= 15 is 0 Å². The van der Waals surface area contributed by atoms with Crippen molar-refractivity contribution in [2.24, 2.45) is 0 Å². The monoisotopic (exact) mass is 352 g/mol. The van der Waals surface area contributed by atoms with Gasteiger partial charge < -0.3 is 10.2 Å². The molecule has 1 fully saturated rings. The van der Waals surface area contributed by atoms with Crippen molar-refractivity contribution >= 4 is 17.3 Å². The van der Waals surface area contributed by atoms with Gasteiger partial charge in [-0.15, -0.1) is 0 Å². The number of hydrogen-bond acceptors (Lipinski definition) is 4. The molecule has 2 aromatic rings. The van der Waals surface area contributed by atoms with Crippen LogP contribution in [0.1, 0.15) is 12.5 Å². The lowest BCUT2D eigenvalue weighted by molar-refractivity contribution is -0.120. The van der Waals surface area contributed by atoms with Gasteiger partial charge in [0.25, 0.3) is 0 Å². The van der Waals surface area contributed by atoms with Gasteiger partial charge in [0.15, 0.2) is 0 Å². The van der Waals surface area contributed by atoms with E-state index in [1.54, 1.807) is 36.4 Å². The maximum atomic E-state index is 13.0. The summed E-state index contributed by atoms with van der Waals surface area (Å²) in [6.07, 6.45) is 0. The van der Waals surface area contributed by atoms with Gasteiger partial charge in [-0.25, -0.2) is 4.39 Å². The minimum Gasteiger partial charge on any atom is -0.369 e. The number of carbonyl (C=O) groups excluding carboxylic acids is 1. The number of nitriles is 1.